The standard InChI is InChI=1S/C9H16O5S.C8H14O3.C8H12O3.C7H12O4S/c1-15(10,11)14-8-2-4-9(5-3-8)12-6-7-13-9;2*9-7-1-3-8(4-2-7)10-5-6-11-8;1-12(9,10)11-7-4-2-6(8)3-5-7/h8H,2-7H2,1H3;7,9H,1-6H2;1-6H2;7H,2-5H2,1H3. The minimum atomic E-state index is -3.35. The maximum Gasteiger partial charge on any atom is 0.264 e. The molecular formula is C32H54O15S2. The van der Waals surface area contributed by atoms with Crippen LogP contribution in [0.4, 0.5) is 0 Å². The van der Waals surface area contributed by atoms with Gasteiger partial charge in [0.2, 0.25) is 0 Å². The number of hydrogen-bond acceptors (Lipinski definition) is 15. The Hall–Kier alpha value is -1.12. The van der Waals surface area contributed by atoms with E-state index >= 15 is 0 Å². The zero-order valence-corrected chi connectivity index (χ0v) is 30.4. The molecule has 4 aliphatic carbocycles. The molecule has 3 heterocycles. The highest BCUT2D eigenvalue weighted by atomic mass is 32.2. The van der Waals surface area contributed by atoms with Gasteiger partial charge in [0.1, 0.15) is 11.6 Å². The molecule has 1 N–H and O–H groups in total. The van der Waals surface area contributed by atoms with Gasteiger partial charge in [-0.3, -0.25) is 18.0 Å². The molecule has 0 radical (unpaired) electrons. The third kappa shape index (κ3) is 14.1. The maximum atomic E-state index is 10.9. The van der Waals surface area contributed by atoms with E-state index in [9.17, 15) is 31.5 Å². The zero-order chi connectivity index (χ0) is 35.6. The minimum absolute atomic E-state index is 0.131. The van der Waals surface area contributed by atoms with Gasteiger partial charge < -0.3 is 33.5 Å². The molecule has 0 aromatic rings. The fourth-order valence-corrected chi connectivity index (χ4v) is 8.31. The first-order valence-electron chi connectivity index (χ1n) is 17.4. The van der Waals surface area contributed by atoms with Crippen LogP contribution in [0.2, 0.25) is 0 Å². The van der Waals surface area contributed by atoms with Crippen LogP contribution in [0.15, 0.2) is 0 Å². The SMILES string of the molecule is CS(=O)(=O)OC1CCC(=O)CC1.CS(=O)(=O)OC1CCC2(CC1)OCCO2.O=C1CCC2(CC1)OCCO2.OC1CCC2(CC1)OCCO2. The number of aliphatic hydroxyl groups excluding tert-OH is 1. The molecule has 17 heteroatoms. The van der Waals surface area contributed by atoms with Crippen molar-refractivity contribution in [1.82, 2.24) is 0 Å². The van der Waals surface area contributed by atoms with Crippen LogP contribution in [-0.2, 0) is 66.6 Å². The molecule has 0 bridgehead atoms. The van der Waals surface area contributed by atoms with Crippen molar-refractivity contribution in [2.24, 2.45) is 0 Å². The fraction of sp³-hybridized carbons (Fsp3) is 0.938. The number of Topliss-reactive ketones (excluding diaryl/α,β-unsaturated/α-hetero) is 2. The van der Waals surface area contributed by atoms with Gasteiger partial charge in [0.05, 0.1) is 70.5 Å². The molecule has 284 valence electrons. The number of carbonyl (C=O) groups excluding carboxylic acids is 2. The van der Waals surface area contributed by atoms with Gasteiger partial charge >= 0.3 is 0 Å². The Morgan fingerprint density at radius 3 is 1.18 bits per heavy atom. The summed E-state index contributed by atoms with van der Waals surface area (Å²) < 4.78 is 85.9. The van der Waals surface area contributed by atoms with Crippen molar-refractivity contribution >= 4 is 31.8 Å². The number of ketones is 2. The number of aliphatic hydroxyl groups is 1. The van der Waals surface area contributed by atoms with Crippen LogP contribution in [0, 0.1) is 0 Å². The van der Waals surface area contributed by atoms with Gasteiger partial charge in [0, 0.05) is 64.2 Å². The van der Waals surface area contributed by atoms with E-state index in [2.05, 4.69) is 0 Å². The van der Waals surface area contributed by atoms with E-state index < -0.39 is 26.0 Å². The van der Waals surface area contributed by atoms with Crippen LogP contribution < -0.4 is 0 Å². The zero-order valence-electron chi connectivity index (χ0n) is 28.8. The molecule has 3 spiro atoms. The van der Waals surface area contributed by atoms with Crippen LogP contribution in [0.3, 0.4) is 0 Å². The predicted octanol–water partition coefficient (Wildman–Crippen LogP) is 2.66. The van der Waals surface area contributed by atoms with Crippen LogP contribution in [0.25, 0.3) is 0 Å². The lowest BCUT2D eigenvalue weighted by Gasteiger charge is -2.34. The van der Waals surface area contributed by atoms with Gasteiger partial charge in [-0.05, 0) is 38.5 Å². The van der Waals surface area contributed by atoms with E-state index in [4.69, 9.17) is 36.8 Å². The smallest absolute Gasteiger partial charge is 0.264 e. The van der Waals surface area contributed by atoms with E-state index in [1.807, 2.05) is 0 Å². The molecule has 3 saturated heterocycles. The van der Waals surface area contributed by atoms with Gasteiger partial charge in [-0.15, -0.1) is 0 Å². The molecule has 7 fully saturated rings. The first-order chi connectivity index (χ1) is 23.1. The van der Waals surface area contributed by atoms with Crippen molar-refractivity contribution in [2.75, 3.05) is 52.2 Å². The molecule has 0 atom stereocenters. The highest BCUT2D eigenvalue weighted by Gasteiger charge is 2.42. The Balaban J connectivity index is 0.000000148. The average Bonchev–Trinajstić information content (AvgIpc) is 3.82. The molecule has 7 aliphatic rings. The Bertz CT molecular complexity index is 1240. The van der Waals surface area contributed by atoms with Gasteiger partial charge in [-0.1, -0.05) is 0 Å². The van der Waals surface area contributed by atoms with E-state index in [0.29, 0.717) is 96.4 Å². The molecule has 15 nitrogen and oxygen atoms in total. The summed E-state index contributed by atoms with van der Waals surface area (Å²) in [4.78, 5) is 21.7. The molecule has 0 aromatic heterocycles. The number of carbonyl (C=O) groups is 2. The van der Waals surface area contributed by atoms with Crippen LogP contribution >= 0.6 is 0 Å². The third-order valence-corrected chi connectivity index (χ3v) is 10.8. The second-order valence-corrected chi connectivity index (χ2v) is 16.8. The fourth-order valence-electron chi connectivity index (χ4n) is 6.94. The van der Waals surface area contributed by atoms with Crippen molar-refractivity contribution in [3.8, 4) is 0 Å². The quantitative estimate of drug-likeness (QED) is 0.413. The molecule has 49 heavy (non-hydrogen) atoms. The average molecular weight is 743 g/mol. The van der Waals surface area contributed by atoms with E-state index in [1.54, 1.807) is 0 Å². The molecular weight excluding hydrogens is 688 g/mol. The van der Waals surface area contributed by atoms with Crippen molar-refractivity contribution in [3.05, 3.63) is 0 Å². The summed E-state index contributed by atoms with van der Waals surface area (Å²) in [5.41, 5.74) is 0. The number of rotatable bonds is 4. The molecule has 0 aromatic carbocycles. The summed E-state index contributed by atoms with van der Waals surface area (Å²) in [7, 11) is -6.69. The number of ether oxygens (including phenoxy) is 6. The highest BCUT2D eigenvalue weighted by molar-refractivity contribution is 7.86. The summed E-state index contributed by atoms with van der Waals surface area (Å²) in [6.07, 6.45) is 12.3. The molecule has 7 rings (SSSR count). The lowest BCUT2D eigenvalue weighted by atomic mass is 9.92. The second-order valence-electron chi connectivity index (χ2n) is 13.6. The summed E-state index contributed by atoms with van der Waals surface area (Å²) in [6, 6.07) is 0. The van der Waals surface area contributed by atoms with Crippen molar-refractivity contribution in [2.45, 2.75) is 138 Å². The Morgan fingerprint density at radius 1 is 0.510 bits per heavy atom. The first-order valence-corrected chi connectivity index (χ1v) is 21.0. The van der Waals surface area contributed by atoms with E-state index in [-0.39, 0.29) is 35.7 Å². The predicted molar refractivity (Wildman–Crippen MR) is 173 cm³/mol. The van der Waals surface area contributed by atoms with Crippen molar-refractivity contribution in [3.63, 3.8) is 0 Å². The van der Waals surface area contributed by atoms with Gasteiger partial charge in [0.25, 0.3) is 20.2 Å². The summed E-state index contributed by atoms with van der Waals surface area (Å²) in [5, 5.41) is 9.24. The van der Waals surface area contributed by atoms with Crippen LogP contribution in [0.5, 0.6) is 0 Å². The van der Waals surface area contributed by atoms with Gasteiger partial charge in [-0.25, -0.2) is 0 Å². The van der Waals surface area contributed by atoms with Crippen LogP contribution in [-0.4, -0.2) is 121 Å². The number of hydrogen-bond donors (Lipinski definition) is 1. The topological polar surface area (TPSA) is 196 Å². The van der Waals surface area contributed by atoms with Crippen LogP contribution in [0.1, 0.15) is 103 Å². The summed E-state index contributed by atoms with van der Waals surface area (Å²) in [5.74, 6) is -0.581. The highest BCUT2D eigenvalue weighted by Crippen LogP contribution is 2.38. The maximum absolute atomic E-state index is 10.9. The monoisotopic (exact) mass is 742 g/mol. The third-order valence-electron chi connectivity index (χ3n) is 9.53. The van der Waals surface area contributed by atoms with Crippen molar-refractivity contribution in [1.29, 1.82) is 0 Å². The Kier molecular flexibility index (Phi) is 15.0. The minimum Gasteiger partial charge on any atom is -0.393 e. The van der Waals surface area contributed by atoms with Gasteiger partial charge in [-0.2, -0.15) is 16.8 Å². The normalized spacial score (nSPS) is 28.3. The van der Waals surface area contributed by atoms with Crippen molar-refractivity contribution < 1.29 is 68.3 Å². The first kappa shape index (κ1) is 40.6. The summed E-state index contributed by atoms with van der Waals surface area (Å²) >= 11 is 0. The lowest BCUT2D eigenvalue weighted by molar-refractivity contribution is -0.187. The van der Waals surface area contributed by atoms with E-state index in [0.717, 1.165) is 64.3 Å². The second kappa shape index (κ2) is 18.1. The molecule has 4 saturated carbocycles. The molecule has 0 unspecified atom stereocenters. The van der Waals surface area contributed by atoms with Gasteiger partial charge in [0.15, 0.2) is 17.4 Å². The molecule has 3 aliphatic heterocycles. The summed E-state index contributed by atoms with van der Waals surface area (Å²) in [6.45, 7) is 4.09. The molecule has 0 amide bonds. The lowest BCUT2D eigenvalue weighted by Crippen LogP contribution is -2.38. The van der Waals surface area contributed by atoms with E-state index in [1.165, 1.54) is 0 Å². The largest absolute Gasteiger partial charge is 0.393 e. The Morgan fingerprint density at radius 2 is 0.816 bits per heavy atom. The Labute approximate surface area is 290 Å².